The lowest BCUT2D eigenvalue weighted by molar-refractivity contribution is 0.413. The average molecular weight is 385 g/mol. The number of rotatable bonds is 4. The monoisotopic (exact) mass is 385 g/mol. The number of methoxy groups -OCH3 is 1. The number of aromatic nitrogens is 7. The van der Waals surface area contributed by atoms with Crippen LogP contribution in [0.4, 0.5) is 0 Å². The fourth-order valence-electron chi connectivity index (χ4n) is 3.22. The van der Waals surface area contributed by atoms with Crippen molar-refractivity contribution in [2.75, 3.05) is 7.11 Å². The van der Waals surface area contributed by atoms with Gasteiger partial charge in [-0.1, -0.05) is 30.3 Å². The standard InChI is InChI=1S/C20H15N7O2/c1-29-16-8-3-2-7-15(16)27-19-14(24-20(27)28)10-21-17(25-19)12-5-4-6-13(9-12)18-22-11-23-26-18/h2-11H,1H3,(H,24,28)(H,22,23,26). The molecule has 9 nitrogen and oxygen atoms in total. The Bertz CT molecular complexity index is 1370. The molecule has 5 aromatic rings. The predicted octanol–water partition coefficient (Wildman–Crippen LogP) is 2.57. The Balaban J connectivity index is 1.69. The van der Waals surface area contributed by atoms with E-state index in [0.717, 1.165) is 11.1 Å². The van der Waals surface area contributed by atoms with E-state index in [9.17, 15) is 4.79 Å². The van der Waals surface area contributed by atoms with E-state index in [4.69, 9.17) is 4.74 Å². The number of H-pyrrole nitrogens is 2. The summed E-state index contributed by atoms with van der Waals surface area (Å²) in [5.74, 6) is 1.64. The number of ether oxygens (including phenoxy) is 1. The van der Waals surface area contributed by atoms with E-state index < -0.39 is 0 Å². The Morgan fingerprint density at radius 3 is 2.62 bits per heavy atom. The highest BCUT2D eigenvalue weighted by Gasteiger charge is 2.16. The average Bonchev–Trinajstić information content (AvgIpc) is 3.41. The van der Waals surface area contributed by atoms with Crippen LogP contribution in [0, 0.1) is 0 Å². The summed E-state index contributed by atoms with van der Waals surface area (Å²) in [6.45, 7) is 0. The first-order valence-electron chi connectivity index (χ1n) is 8.82. The number of para-hydroxylation sites is 2. The van der Waals surface area contributed by atoms with Gasteiger partial charge in [0, 0.05) is 11.1 Å². The number of imidazole rings is 1. The van der Waals surface area contributed by atoms with Gasteiger partial charge in [-0.05, 0) is 18.2 Å². The first-order chi connectivity index (χ1) is 14.2. The van der Waals surface area contributed by atoms with Crippen molar-refractivity contribution in [3.8, 4) is 34.2 Å². The van der Waals surface area contributed by atoms with Crippen LogP contribution in [0.3, 0.4) is 0 Å². The molecule has 0 amide bonds. The molecule has 0 bridgehead atoms. The molecule has 0 radical (unpaired) electrons. The zero-order valence-corrected chi connectivity index (χ0v) is 15.3. The molecule has 3 aromatic heterocycles. The first-order valence-corrected chi connectivity index (χ1v) is 8.82. The van der Waals surface area contributed by atoms with Crippen LogP contribution in [0.15, 0.2) is 65.8 Å². The van der Waals surface area contributed by atoms with E-state index in [1.807, 2.05) is 36.4 Å². The number of nitrogens with one attached hydrogen (secondary N) is 2. The number of benzene rings is 2. The third kappa shape index (κ3) is 2.85. The van der Waals surface area contributed by atoms with E-state index >= 15 is 0 Å². The molecule has 0 saturated heterocycles. The lowest BCUT2D eigenvalue weighted by Gasteiger charge is -2.09. The second-order valence-corrected chi connectivity index (χ2v) is 6.27. The molecule has 0 fully saturated rings. The molecule has 3 heterocycles. The fraction of sp³-hybridized carbons (Fsp3) is 0.0500. The topological polar surface area (TPSA) is 114 Å². The maximum absolute atomic E-state index is 12.6. The Hall–Kier alpha value is -4.27. The molecular formula is C20H15N7O2. The lowest BCUT2D eigenvalue weighted by atomic mass is 10.1. The van der Waals surface area contributed by atoms with Crippen molar-refractivity contribution in [2.24, 2.45) is 0 Å². The maximum atomic E-state index is 12.6. The third-order valence-corrected chi connectivity index (χ3v) is 4.55. The summed E-state index contributed by atoms with van der Waals surface area (Å²) in [6, 6.07) is 14.9. The van der Waals surface area contributed by atoms with Crippen LogP contribution >= 0.6 is 0 Å². The summed E-state index contributed by atoms with van der Waals surface area (Å²) in [7, 11) is 1.56. The van der Waals surface area contributed by atoms with Gasteiger partial charge in [0.2, 0.25) is 0 Å². The van der Waals surface area contributed by atoms with Crippen molar-refractivity contribution in [1.82, 2.24) is 34.7 Å². The van der Waals surface area contributed by atoms with E-state index in [1.54, 1.807) is 25.4 Å². The molecule has 0 aliphatic heterocycles. The molecule has 0 aliphatic carbocycles. The Morgan fingerprint density at radius 1 is 1.00 bits per heavy atom. The van der Waals surface area contributed by atoms with Crippen LogP contribution in [0.1, 0.15) is 0 Å². The number of aromatic amines is 2. The van der Waals surface area contributed by atoms with Gasteiger partial charge in [-0.3, -0.25) is 5.10 Å². The van der Waals surface area contributed by atoms with Gasteiger partial charge in [-0.15, -0.1) is 0 Å². The van der Waals surface area contributed by atoms with Crippen molar-refractivity contribution >= 4 is 11.2 Å². The van der Waals surface area contributed by atoms with E-state index in [1.165, 1.54) is 10.9 Å². The molecule has 0 unspecified atom stereocenters. The van der Waals surface area contributed by atoms with Gasteiger partial charge in [-0.25, -0.2) is 24.3 Å². The summed E-state index contributed by atoms with van der Waals surface area (Å²) < 4.78 is 6.90. The minimum Gasteiger partial charge on any atom is -0.495 e. The van der Waals surface area contributed by atoms with Gasteiger partial charge in [0.05, 0.1) is 19.0 Å². The van der Waals surface area contributed by atoms with Crippen LogP contribution < -0.4 is 10.4 Å². The normalized spacial score (nSPS) is 11.1. The quantitative estimate of drug-likeness (QED) is 0.491. The Kier molecular flexibility index (Phi) is 3.91. The van der Waals surface area contributed by atoms with Crippen LogP contribution in [0.2, 0.25) is 0 Å². The maximum Gasteiger partial charge on any atom is 0.332 e. The minimum absolute atomic E-state index is 0.314. The van der Waals surface area contributed by atoms with Crippen molar-refractivity contribution in [1.29, 1.82) is 0 Å². The van der Waals surface area contributed by atoms with Crippen molar-refractivity contribution in [3.63, 3.8) is 0 Å². The number of nitrogens with zero attached hydrogens (tertiary/aromatic N) is 5. The van der Waals surface area contributed by atoms with Crippen molar-refractivity contribution in [3.05, 3.63) is 71.5 Å². The minimum atomic E-state index is -0.314. The SMILES string of the molecule is COc1ccccc1-n1c(=O)[nH]c2cnc(-c3cccc(-c4nc[nH]n4)c3)nc21. The van der Waals surface area contributed by atoms with Crippen molar-refractivity contribution in [2.45, 2.75) is 0 Å². The fourth-order valence-corrected chi connectivity index (χ4v) is 3.22. The highest BCUT2D eigenvalue weighted by atomic mass is 16.5. The lowest BCUT2D eigenvalue weighted by Crippen LogP contribution is -2.15. The summed E-state index contributed by atoms with van der Waals surface area (Å²) in [6.07, 6.45) is 3.13. The third-order valence-electron chi connectivity index (χ3n) is 4.55. The van der Waals surface area contributed by atoms with Gasteiger partial charge < -0.3 is 9.72 Å². The summed E-state index contributed by atoms with van der Waals surface area (Å²) >= 11 is 0. The van der Waals surface area contributed by atoms with Crippen LogP contribution in [0.25, 0.3) is 39.6 Å². The molecular weight excluding hydrogens is 370 g/mol. The van der Waals surface area contributed by atoms with Gasteiger partial charge in [0.15, 0.2) is 17.3 Å². The zero-order chi connectivity index (χ0) is 19.8. The van der Waals surface area contributed by atoms with E-state index in [0.29, 0.717) is 34.2 Å². The summed E-state index contributed by atoms with van der Waals surface area (Å²) in [4.78, 5) is 28.7. The highest BCUT2D eigenvalue weighted by Crippen LogP contribution is 2.26. The predicted molar refractivity (Wildman–Crippen MR) is 107 cm³/mol. The second-order valence-electron chi connectivity index (χ2n) is 6.27. The summed E-state index contributed by atoms with van der Waals surface area (Å²) in [5, 5.41) is 6.81. The first kappa shape index (κ1) is 16.9. The van der Waals surface area contributed by atoms with E-state index in [-0.39, 0.29) is 5.69 Å². The smallest absolute Gasteiger partial charge is 0.332 e. The number of fused-ring (bicyclic) bond motifs is 1. The molecule has 0 aliphatic rings. The zero-order valence-electron chi connectivity index (χ0n) is 15.3. The number of hydrogen-bond acceptors (Lipinski definition) is 6. The van der Waals surface area contributed by atoms with Crippen LogP contribution in [0.5, 0.6) is 5.75 Å². The number of hydrogen-bond donors (Lipinski definition) is 2. The summed E-state index contributed by atoms with van der Waals surface area (Å²) in [5.41, 5.74) is 2.91. The van der Waals surface area contributed by atoms with Gasteiger partial charge in [0.25, 0.3) is 0 Å². The molecule has 29 heavy (non-hydrogen) atoms. The van der Waals surface area contributed by atoms with Crippen LogP contribution in [-0.4, -0.2) is 41.8 Å². The van der Waals surface area contributed by atoms with Gasteiger partial charge in [-0.2, -0.15) is 5.10 Å². The van der Waals surface area contributed by atoms with Crippen molar-refractivity contribution < 1.29 is 4.74 Å². The highest BCUT2D eigenvalue weighted by molar-refractivity contribution is 5.76. The van der Waals surface area contributed by atoms with Gasteiger partial charge >= 0.3 is 5.69 Å². The Morgan fingerprint density at radius 2 is 1.83 bits per heavy atom. The molecule has 2 N–H and O–H groups in total. The molecule has 5 rings (SSSR count). The largest absolute Gasteiger partial charge is 0.495 e. The molecule has 9 heteroatoms. The molecule has 0 spiro atoms. The van der Waals surface area contributed by atoms with E-state index in [2.05, 4.69) is 30.1 Å². The molecule has 0 atom stereocenters. The van der Waals surface area contributed by atoms with Crippen LogP contribution in [-0.2, 0) is 0 Å². The molecule has 2 aromatic carbocycles. The molecule has 0 saturated carbocycles. The Labute approximate surface area is 164 Å². The molecule has 142 valence electrons. The van der Waals surface area contributed by atoms with Gasteiger partial charge in [0.1, 0.15) is 17.6 Å². The second kappa shape index (κ2) is 6.71.